The van der Waals surface area contributed by atoms with Crippen LogP contribution in [0.2, 0.25) is 0 Å². The maximum Gasteiger partial charge on any atom is 0.416 e. The summed E-state index contributed by atoms with van der Waals surface area (Å²) in [5.74, 6) is -0.908. The van der Waals surface area contributed by atoms with Gasteiger partial charge in [-0.15, -0.1) is 11.3 Å². The molecular weight excluding hydrogens is 303 g/mol. The molecule has 0 unspecified atom stereocenters. The smallest absolute Gasteiger partial charge is 0.416 e. The second-order valence-corrected chi connectivity index (χ2v) is 5.62. The minimum atomic E-state index is -4.37. The largest absolute Gasteiger partial charge is 0.481 e. The van der Waals surface area contributed by atoms with Crippen LogP contribution in [-0.2, 0) is 23.9 Å². The number of rotatable bonds is 5. The van der Waals surface area contributed by atoms with Crippen LogP contribution in [0, 0.1) is 0 Å². The fraction of sp³-hybridized carbons (Fsp3) is 0.214. The molecule has 7 heteroatoms. The normalized spacial score (nSPS) is 11.4. The molecule has 2 N–H and O–H groups in total. The molecule has 0 aliphatic heterocycles. The van der Waals surface area contributed by atoms with Gasteiger partial charge < -0.3 is 10.4 Å². The zero-order valence-electron chi connectivity index (χ0n) is 10.8. The first kappa shape index (κ1) is 15.4. The number of aliphatic carboxylic acids is 1. The molecule has 21 heavy (non-hydrogen) atoms. The average Bonchev–Trinajstić information content (AvgIpc) is 2.82. The number of carbonyl (C=O) groups is 1. The topological polar surface area (TPSA) is 49.3 Å². The molecular formula is C14H12F3NO2S. The summed E-state index contributed by atoms with van der Waals surface area (Å²) in [5.41, 5.74) is -0.330. The Balaban J connectivity index is 2.00. The van der Waals surface area contributed by atoms with Gasteiger partial charge in [-0.3, -0.25) is 4.79 Å². The minimum absolute atomic E-state index is 0.0474. The number of alkyl halides is 3. The van der Waals surface area contributed by atoms with Crippen molar-refractivity contribution in [2.75, 3.05) is 5.32 Å². The van der Waals surface area contributed by atoms with Crippen molar-refractivity contribution in [2.45, 2.75) is 19.1 Å². The number of anilines is 1. The third-order valence-corrected chi connectivity index (χ3v) is 3.78. The van der Waals surface area contributed by atoms with Crippen molar-refractivity contribution in [2.24, 2.45) is 0 Å². The maximum atomic E-state index is 12.6. The second-order valence-electron chi connectivity index (χ2n) is 4.37. The van der Waals surface area contributed by atoms with E-state index in [1.807, 2.05) is 0 Å². The molecule has 0 saturated carbocycles. The Morgan fingerprint density at radius 1 is 1.19 bits per heavy atom. The fourth-order valence-corrected chi connectivity index (χ4v) is 2.70. The molecule has 1 aromatic heterocycles. The van der Waals surface area contributed by atoms with Gasteiger partial charge in [0.15, 0.2) is 0 Å². The summed E-state index contributed by atoms with van der Waals surface area (Å²) in [6, 6.07) is 8.44. The lowest BCUT2D eigenvalue weighted by atomic mass is 10.2. The second kappa shape index (κ2) is 6.17. The van der Waals surface area contributed by atoms with Crippen molar-refractivity contribution < 1.29 is 23.1 Å². The monoisotopic (exact) mass is 315 g/mol. The van der Waals surface area contributed by atoms with Gasteiger partial charge in [-0.05, 0) is 30.3 Å². The summed E-state index contributed by atoms with van der Waals surface area (Å²) in [6.45, 7) is 0.353. The third kappa shape index (κ3) is 4.49. The molecule has 0 bridgehead atoms. The highest BCUT2D eigenvalue weighted by Gasteiger charge is 2.30. The molecule has 0 radical (unpaired) electrons. The molecule has 0 fully saturated rings. The van der Waals surface area contributed by atoms with Gasteiger partial charge >= 0.3 is 12.1 Å². The zero-order valence-corrected chi connectivity index (χ0v) is 11.6. The molecule has 112 valence electrons. The number of nitrogens with one attached hydrogen (secondary N) is 1. The average molecular weight is 315 g/mol. The molecule has 1 aromatic carbocycles. The van der Waals surface area contributed by atoms with Crippen LogP contribution in [-0.4, -0.2) is 11.1 Å². The highest BCUT2D eigenvalue weighted by Crippen LogP contribution is 2.30. The minimum Gasteiger partial charge on any atom is -0.481 e. The molecule has 2 rings (SSSR count). The number of benzene rings is 1. The molecule has 0 amide bonds. The first-order valence-electron chi connectivity index (χ1n) is 6.05. The van der Waals surface area contributed by atoms with Crippen LogP contribution >= 0.6 is 11.3 Å². The number of carboxylic acids is 1. The SMILES string of the molecule is O=C(O)Cc1ccc(CNc2cccc(C(F)(F)F)c2)s1. The Kier molecular flexibility index (Phi) is 4.52. The van der Waals surface area contributed by atoms with Crippen molar-refractivity contribution in [3.8, 4) is 0 Å². The van der Waals surface area contributed by atoms with Crippen LogP contribution in [0.5, 0.6) is 0 Å². The molecule has 0 spiro atoms. The van der Waals surface area contributed by atoms with E-state index in [4.69, 9.17) is 5.11 Å². The van der Waals surface area contributed by atoms with Crippen LogP contribution in [0.4, 0.5) is 18.9 Å². The summed E-state index contributed by atoms with van der Waals surface area (Å²) in [4.78, 5) is 12.1. The van der Waals surface area contributed by atoms with Crippen LogP contribution in [0.25, 0.3) is 0 Å². The molecule has 0 aliphatic carbocycles. The number of hydrogen-bond donors (Lipinski definition) is 2. The van der Waals surface area contributed by atoms with E-state index in [0.29, 0.717) is 17.1 Å². The van der Waals surface area contributed by atoms with E-state index in [-0.39, 0.29) is 6.42 Å². The first-order valence-corrected chi connectivity index (χ1v) is 6.87. The van der Waals surface area contributed by atoms with Gasteiger partial charge in [0.05, 0.1) is 12.0 Å². The van der Waals surface area contributed by atoms with E-state index < -0.39 is 17.7 Å². The third-order valence-electron chi connectivity index (χ3n) is 2.70. The quantitative estimate of drug-likeness (QED) is 0.876. The van der Waals surface area contributed by atoms with Gasteiger partial charge in [0.25, 0.3) is 0 Å². The number of hydrogen-bond acceptors (Lipinski definition) is 3. The summed E-state index contributed by atoms with van der Waals surface area (Å²) in [7, 11) is 0. The summed E-state index contributed by atoms with van der Waals surface area (Å²) in [5, 5.41) is 11.6. The first-order chi connectivity index (χ1) is 9.84. The fourth-order valence-electron chi connectivity index (χ4n) is 1.76. The van der Waals surface area contributed by atoms with Crippen LogP contribution in [0.1, 0.15) is 15.3 Å². The Morgan fingerprint density at radius 3 is 2.57 bits per heavy atom. The van der Waals surface area contributed by atoms with Gasteiger partial charge in [-0.25, -0.2) is 0 Å². The predicted molar refractivity (Wildman–Crippen MR) is 74.4 cm³/mol. The summed E-state index contributed by atoms with van der Waals surface area (Å²) < 4.78 is 37.7. The van der Waals surface area contributed by atoms with Crippen molar-refractivity contribution in [3.63, 3.8) is 0 Å². The van der Waals surface area contributed by atoms with E-state index in [0.717, 1.165) is 17.0 Å². The van der Waals surface area contributed by atoms with Crippen LogP contribution in [0.3, 0.4) is 0 Å². The van der Waals surface area contributed by atoms with Gasteiger partial charge in [0.2, 0.25) is 0 Å². The molecule has 3 nitrogen and oxygen atoms in total. The highest BCUT2D eigenvalue weighted by atomic mass is 32.1. The summed E-state index contributed by atoms with van der Waals surface area (Å²) >= 11 is 1.32. The molecule has 0 aliphatic rings. The van der Waals surface area contributed by atoms with Gasteiger partial charge in [-0.1, -0.05) is 6.07 Å². The molecule has 2 aromatic rings. The molecule has 0 atom stereocenters. The Morgan fingerprint density at radius 2 is 1.90 bits per heavy atom. The Hall–Kier alpha value is -2.02. The van der Waals surface area contributed by atoms with Crippen molar-refractivity contribution in [1.82, 2.24) is 0 Å². The number of halogens is 3. The standard InChI is InChI=1S/C14H12F3NO2S/c15-14(16,17)9-2-1-3-10(6-9)18-8-12-5-4-11(21-12)7-13(19)20/h1-6,18H,7-8H2,(H,19,20). The van der Waals surface area contributed by atoms with Crippen LogP contribution in [0.15, 0.2) is 36.4 Å². The Labute approximate surface area is 123 Å². The Bertz CT molecular complexity index is 637. The zero-order chi connectivity index (χ0) is 15.5. The lowest BCUT2D eigenvalue weighted by molar-refractivity contribution is -0.138. The van der Waals surface area contributed by atoms with Crippen molar-refractivity contribution in [1.29, 1.82) is 0 Å². The summed E-state index contributed by atoms with van der Waals surface area (Å²) in [6.07, 6.45) is -4.41. The van der Waals surface area contributed by atoms with E-state index in [2.05, 4.69) is 5.32 Å². The van der Waals surface area contributed by atoms with Crippen molar-refractivity contribution >= 4 is 23.0 Å². The van der Waals surface area contributed by atoms with Gasteiger partial charge in [0.1, 0.15) is 0 Å². The van der Waals surface area contributed by atoms with E-state index in [1.54, 1.807) is 18.2 Å². The van der Waals surface area contributed by atoms with Crippen LogP contribution < -0.4 is 5.32 Å². The van der Waals surface area contributed by atoms with Gasteiger partial charge in [-0.2, -0.15) is 13.2 Å². The maximum absolute atomic E-state index is 12.6. The van der Waals surface area contributed by atoms with E-state index >= 15 is 0 Å². The molecule has 1 heterocycles. The lowest BCUT2D eigenvalue weighted by Gasteiger charge is -2.09. The van der Waals surface area contributed by atoms with E-state index in [9.17, 15) is 18.0 Å². The number of carboxylic acid groups (broad SMARTS) is 1. The molecule has 0 saturated heterocycles. The van der Waals surface area contributed by atoms with E-state index in [1.165, 1.54) is 17.4 Å². The predicted octanol–water partition coefficient (Wildman–Crippen LogP) is 4.01. The van der Waals surface area contributed by atoms with Gasteiger partial charge in [0, 0.05) is 22.0 Å². The van der Waals surface area contributed by atoms with Crippen molar-refractivity contribution in [3.05, 3.63) is 51.7 Å². The highest BCUT2D eigenvalue weighted by molar-refractivity contribution is 7.12. The number of thiophene rings is 1. The lowest BCUT2D eigenvalue weighted by Crippen LogP contribution is -2.06.